The highest BCUT2D eigenvalue weighted by atomic mass is 16.5. The zero-order chi connectivity index (χ0) is 26.2. The van der Waals surface area contributed by atoms with E-state index in [1.807, 2.05) is 0 Å². The van der Waals surface area contributed by atoms with Crippen molar-refractivity contribution < 1.29 is 4.52 Å². The molecule has 38 heavy (non-hydrogen) atoms. The molecule has 11 nitrogen and oxygen atoms in total. The highest BCUT2D eigenvalue weighted by molar-refractivity contribution is 5.87. The highest BCUT2D eigenvalue weighted by Crippen LogP contribution is 2.37. The van der Waals surface area contributed by atoms with Gasteiger partial charge in [-0.3, -0.25) is 9.51 Å². The monoisotopic (exact) mass is 521 g/mol. The van der Waals surface area contributed by atoms with E-state index < -0.39 is 5.76 Å². The third-order valence-corrected chi connectivity index (χ3v) is 8.88. The van der Waals surface area contributed by atoms with Crippen LogP contribution in [0.25, 0.3) is 22.8 Å². The van der Waals surface area contributed by atoms with E-state index in [-0.39, 0.29) is 11.9 Å². The Kier molecular flexibility index (Phi) is 6.94. The Balaban J connectivity index is 1.46. The Morgan fingerprint density at radius 3 is 2.66 bits per heavy atom. The molecule has 0 aromatic carbocycles. The zero-order valence-electron chi connectivity index (χ0n) is 22.4. The maximum atomic E-state index is 11.7. The average Bonchev–Trinajstić information content (AvgIpc) is 3.47. The summed E-state index contributed by atoms with van der Waals surface area (Å²) in [4.78, 5) is 31.5. The van der Waals surface area contributed by atoms with Crippen molar-refractivity contribution >= 4 is 22.9 Å². The number of anilines is 2. The summed E-state index contributed by atoms with van der Waals surface area (Å²) in [5.41, 5.74) is 1.54. The van der Waals surface area contributed by atoms with E-state index in [1.54, 1.807) is 0 Å². The first-order valence-corrected chi connectivity index (χ1v) is 14.2. The minimum Gasteiger partial charge on any atom is -0.365 e. The van der Waals surface area contributed by atoms with Gasteiger partial charge in [0.1, 0.15) is 5.52 Å². The number of fused-ring (bicyclic) bond motifs is 1. The van der Waals surface area contributed by atoms with Crippen LogP contribution < -0.4 is 21.3 Å². The molecule has 3 fully saturated rings. The van der Waals surface area contributed by atoms with Gasteiger partial charge in [0.2, 0.25) is 17.6 Å². The number of hydrogen-bond acceptors (Lipinski definition) is 9. The van der Waals surface area contributed by atoms with Gasteiger partial charge in [0.15, 0.2) is 11.5 Å². The first kappa shape index (κ1) is 25.1. The molecule has 4 heterocycles. The molecule has 2 saturated carbocycles. The van der Waals surface area contributed by atoms with Gasteiger partial charge in [0, 0.05) is 38.3 Å². The number of nitrogens with one attached hydrogen (secondary N) is 3. The van der Waals surface area contributed by atoms with Crippen LogP contribution in [-0.4, -0.2) is 61.4 Å². The molecule has 0 unspecified atom stereocenters. The van der Waals surface area contributed by atoms with Crippen molar-refractivity contribution in [1.29, 1.82) is 0 Å². The van der Waals surface area contributed by atoms with Crippen LogP contribution in [0.2, 0.25) is 0 Å². The molecule has 2 aliphatic carbocycles. The second-order valence-electron chi connectivity index (χ2n) is 11.4. The van der Waals surface area contributed by atoms with Gasteiger partial charge in [0.25, 0.3) is 0 Å². The Labute approximate surface area is 222 Å². The van der Waals surface area contributed by atoms with Crippen molar-refractivity contribution in [3.8, 4) is 11.6 Å². The predicted octanol–water partition coefficient (Wildman–Crippen LogP) is 3.56. The fraction of sp³-hybridized carbons (Fsp3) is 0.667. The van der Waals surface area contributed by atoms with Crippen LogP contribution in [0.4, 0.5) is 11.8 Å². The van der Waals surface area contributed by atoms with Crippen molar-refractivity contribution in [3.63, 3.8) is 0 Å². The average molecular weight is 522 g/mol. The number of allylic oxidation sites excluding steroid dienone is 1. The van der Waals surface area contributed by atoms with Gasteiger partial charge in [-0.05, 0) is 70.1 Å². The molecule has 3 N–H and O–H groups in total. The van der Waals surface area contributed by atoms with Gasteiger partial charge in [-0.2, -0.15) is 4.98 Å². The number of rotatable bonds is 8. The summed E-state index contributed by atoms with van der Waals surface area (Å²) in [5.74, 6) is 3.38. The first-order chi connectivity index (χ1) is 18.5. The van der Waals surface area contributed by atoms with Gasteiger partial charge in [-0.15, -0.1) is 6.58 Å². The standard InChI is InChI=1S/C27H39N9O2/c1-4-18-8-10-19(11-9-18)15-36-21-22(29-17(3)20-6-5-7-20)30-24(25-33-27(37)38-34-25)31-23(21)32-26(36)35-13-12-28-14-16(35)2/h4,16-20,28H,1,5-15H2,2-3H3,(H,29,30,31)(H,33,34,37)/t16-,17-,18-,19-/m1/s1. The number of nitrogens with zero attached hydrogens (tertiary/aromatic N) is 6. The van der Waals surface area contributed by atoms with Crippen molar-refractivity contribution in [2.24, 2.45) is 17.8 Å². The normalized spacial score (nSPS) is 25.3. The van der Waals surface area contributed by atoms with Crippen LogP contribution in [-0.2, 0) is 6.54 Å². The maximum absolute atomic E-state index is 11.7. The van der Waals surface area contributed by atoms with E-state index in [2.05, 4.69) is 56.7 Å². The first-order valence-electron chi connectivity index (χ1n) is 14.2. The second kappa shape index (κ2) is 10.5. The molecule has 1 aliphatic heterocycles. The van der Waals surface area contributed by atoms with Crippen LogP contribution in [0.1, 0.15) is 58.8 Å². The molecule has 204 valence electrons. The number of hydrogen-bond donors (Lipinski definition) is 3. The Morgan fingerprint density at radius 1 is 1.18 bits per heavy atom. The molecule has 0 radical (unpaired) electrons. The van der Waals surface area contributed by atoms with E-state index in [0.717, 1.165) is 43.5 Å². The quantitative estimate of drug-likeness (QED) is 0.381. The maximum Gasteiger partial charge on any atom is 0.439 e. The van der Waals surface area contributed by atoms with Crippen LogP contribution in [0.3, 0.4) is 0 Å². The van der Waals surface area contributed by atoms with Crippen molar-refractivity contribution in [2.75, 3.05) is 29.9 Å². The summed E-state index contributed by atoms with van der Waals surface area (Å²) in [5, 5.41) is 11.1. The van der Waals surface area contributed by atoms with Gasteiger partial charge in [0.05, 0.1) is 0 Å². The van der Waals surface area contributed by atoms with E-state index in [4.69, 9.17) is 19.5 Å². The smallest absolute Gasteiger partial charge is 0.365 e. The lowest BCUT2D eigenvalue weighted by molar-refractivity contribution is 0.282. The van der Waals surface area contributed by atoms with E-state index in [1.165, 1.54) is 44.9 Å². The molecular weight excluding hydrogens is 482 g/mol. The van der Waals surface area contributed by atoms with Crippen LogP contribution >= 0.6 is 0 Å². The molecule has 1 saturated heterocycles. The van der Waals surface area contributed by atoms with E-state index in [0.29, 0.717) is 35.3 Å². The van der Waals surface area contributed by atoms with E-state index >= 15 is 0 Å². The van der Waals surface area contributed by atoms with Gasteiger partial charge in [-0.25, -0.2) is 14.8 Å². The van der Waals surface area contributed by atoms with Crippen LogP contribution in [0.5, 0.6) is 0 Å². The molecule has 11 heteroatoms. The number of imidazole rings is 1. The third kappa shape index (κ3) is 4.83. The molecule has 3 aromatic rings. The Morgan fingerprint density at radius 2 is 2.00 bits per heavy atom. The van der Waals surface area contributed by atoms with Gasteiger partial charge in [-0.1, -0.05) is 17.7 Å². The summed E-state index contributed by atoms with van der Waals surface area (Å²) in [6.07, 6.45) is 10.6. The topological polar surface area (TPSA) is 130 Å². The Hall–Kier alpha value is -3.21. The lowest BCUT2D eigenvalue weighted by Gasteiger charge is -2.36. The van der Waals surface area contributed by atoms with E-state index in [9.17, 15) is 4.79 Å². The number of piperazine rings is 1. The lowest BCUT2D eigenvalue weighted by Crippen LogP contribution is -2.51. The molecule has 6 rings (SSSR count). The summed E-state index contributed by atoms with van der Waals surface area (Å²) in [6, 6.07) is 0.569. The lowest BCUT2D eigenvalue weighted by atomic mass is 9.80. The second-order valence-corrected chi connectivity index (χ2v) is 11.4. The summed E-state index contributed by atoms with van der Waals surface area (Å²) in [7, 11) is 0. The minimum atomic E-state index is -0.628. The molecule has 0 amide bonds. The zero-order valence-corrected chi connectivity index (χ0v) is 22.4. The highest BCUT2D eigenvalue weighted by Gasteiger charge is 2.31. The Bertz CT molecular complexity index is 1330. The van der Waals surface area contributed by atoms with Crippen molar-refractivity contribution in [1.82, 2.24) is 35.0 Å². The molecule has 3 aliphatic rings. The molecule has 0 spiro atoms. The largest absolute Gasteiger partial charge is 0.439 e. The summed E-state index contributed by atoms with van der Waals surface area (Å²) >= 11 is 0. The molecule has 3 aromatic heterocycles. The fourth-order valence-corrected chi connectivity index (χ4v) is 6.23. The van der Waals surface area contributed by atoms with Crippen molar-refractivity contribution in [3.05, 3.63) is 23.2 Å². The van der Waals surface area contributed by atoms with Crippen LogP contribution in [0, 0.1) is 17.8 Å². The van der Waals surface area contributed by atoms with Crippen LogP contribution in [0.15, 0.2) is 22.0 Å². The number of aromatic amines is 1. The van der Waals surface area contributed by atoms with Gasteiger partial charge >= 0.3 is 5.76 Å². The minimum absolute atomic E-state index is 0.214. The molecule has 0 bridgehead atoms. The van der Waals surface area contributed by atoms with Crippen molar-refractivity contribution in [2.45, 2.75) is 77.4 Å². The summed E-state index contributed by atoms with van der Waals surface area (Å²) < 4.78 is 7.13. The van der Waals surface area contributed by atoms with Gasteiger partial charge < -0.3 is 20.1 Å². The predicted molar refractivity (Wildman–Crippen MR) is 147 cm³/mol. The molecule has 2 atom stereocenters. The number of aromatic nitrogens is 6. The fourth-order valence-electron chi connectivity index (χ4n) is 6.23. The third-order valence-electron chi connectivity index (χ3n) is 8.88. The summed E-state index contributed by atoms with van der Waals surface area (Å²) in [6.45, 7) is 12.1. The SMILES string of the molecule is C=C[C@H]1CC[C@H](Cn2c(N3CCNC[C@H]3C)nc3nc(-c4noc(=O)[nH]4)nc(N[C@H](C)C4CCC4)c32)CC1. The molecular formula is C27H39N9O2. The number of H-pyrrole nitrogens is 1.